The molecule has 0 bridgehead atoms. The Hall–Kier alpha value is -1.00. The monoisotopic (exact) mass is 248 g/mol. The third-order valence-corrected chi connectivity index (χ3v) is 3.86. The molecule has 1 saturated heterocycles. The van der Waals surface area contributed by atoms with Gasteiger partial charge in [0.15, 0.2) is 0 Å². The molecular formula is C14H24N4. The second kappa shape index (κ2) is 6.81. The van der Waals surface area contributed by atoms with Gasteiger partial charge in [-0.3, -0.25) is 4.90 Å². The summed E-state index contributed by atoms with van der Waals surface area (Å²) in [7, 11) is 0. The first-order valence-electron chi connectivity index (χ1n) is 7.08. The highest BCUT2D eigenvalue weighted by Gasteiger charge is 2.29. The minimum Gasteiger partial charge on any atom is -0.329 e. The fourth-order valence-electron chi connectivity index (χ4n) is 3.00. The van der Waals surface area contributed by atoms with Crippen LogP contribution in [0.3, 0.4) is 0 Å². The Kier molecular flexibility index (Phi) is 5.08. The van der Waals surface area contributed by atoms with E-state index in [4.69, 9.17) is 5.73 Å². The first kappa shape index (κ1) is 13.4. The van der Waals surface area contributed by atoms with Gasteiger partial charge in [0.25, 0.3) is 0 Å². The van der Waals surface area contributed by atoms with Crippen molar-refractivity contribution in [2.45, 2.75) is 51.1 Å². The number of aromatic nitrogens is 2. The fraction of sp³-hybridized carbons (Fsp3) is 0.714. The Balaban J connectivity index is 2.14. The number of hydrogen-bond acceptors (Lipinski definition) is 4. The van der Waals surface area contributed by atoms with Crippen LogP contribution in [-0.4, -0.2) is 34.0 Å². The fourth-order valence-corrected chi connectivity index (χ4v) is 3.00. The molecule has 2 atom stereocenters. The third kappa shape index (κ3) is 3.06. The van der Waals surface area contributed by atoms with Gasteiger partial charge in [0.05, 0.1) is 11.7 Å². The Morgan fingerprint density at radius 1 is 1.50 bits per heavy atom. The van der Waals surface area contributed by atoms with E-state index < -0.39 is 0 Å². The van der Waals surface area contributed by atoms with Crippen LogP contribution in [0.15, 0.2) is 18.6 Å². The van der Waals surface area contributed by atoms with Gasteiger partial charge in [-0.1, -0.05) is 19.8 Å². The number of hydrogen-bond donors (Lipinski definition) is 1. The second-order valence-electron chi connectivity index (χ2n) is 5.06. The SMILES string of the molecule is CCCC1CCCCN1C(CN)c1ccncn1. The standard InChI is InChI=1S/C14H24N4/c1-2-5-12-6-3-4-9-18(12)14(10-15)13-7-8-16-11-17-13/h7-8,11-12,14H,2-6,9-10,15H2,1H3. The summed E-state index contributed by atoms with van der Waals surface area (Å²) in [4.78, 5) is 10.9. The molecule has 0 aliphatic carbocycles. The summed E-state index contributed by atoms with van der Waals surface area (Å²) >= 11 is 0. The number of rotatable bonds is 5. The Bertz CT molecular complexity index is 339. The predicted octanol–water partition coefficient (Wildman–Crippen LogP) is 2.13. The summed E-state index contributed by atoms with van der Waals surface area (Å²) in [6.45, 7) is 4.04. The maximum atomic E-state index is 5.99. The Labute approximate surface area is 110 Å². The van der Waals surface area contributed by atoms with Gasteiger partial charge in [-0.05, 0) is 31.9 Å². The van der Waals surface area contributed by atoms with Gasteiger partial charge in [0.1, 0.15) is 6.33 Å². The van der Waals surface area contributed by atoms with E-state index in [1.54, 1.807) is 6.33 Å². The van der Waals surface area contributed by atoms with Crippen LogP contribution >= 0.6 is 0 Å². The molecule has 0 spiro atoms. The molecule has 1 aliphatic heterocycles. The number of likely N-dealkylation sites (tertiary alicyclic amines) is 1. The normalized spacial score (nSPS) is 22.9. The van der Waals surface area contributed by atoms with E-state index in [9.17, 15) is 0 Å². The average molecular weight is 248 g/mol. The molecule has 0 amide bonds. The van der Waals surface area contributed by atoms with Crippen LogP contribution in [-0.2, 0) is 0 Å². The lowest BCUT2D eigenvalue weighted by Gasteiger charge is -2.40. The number of nitrogens with two attached hydrogens (primary N) is 1. The minimum absolute atomic E-state index is 0.254. The maximum Gasteiger partial charge on any atom is 0.115 e. The molecule has 2 unspecified atom stereocenters. The maximum absolute atomic E-state index is 5.99. The van der Waals surface area contributed by atoms with Gasteiger partial charge in [0, 0.05) is 18.8 Å². The highest BCUT2D eigenvalue weighted by Crippen LogP contribution is 2.29. The van der Waals surface area contributed by atoms with Crippen LogP contribution in [0, 0.1) is 0 Å². The smallest absolute Gasteiger partial charge is 0.115 e. The van der Waals surface area contributed by atoms with Gasteiger partial charge in [-0.2, -0.15) is 0 Å². The van der Waals surface area contributed by atoms with Crippen molar-refractivity contribution in [1.82, 2.24) is 14.9 Å². The summed E-state index contributed by atoms with van der Waals surface area (Å²) in [5.41, 5.74) is 7.06. The highest BCUT2D eigenvalue weighted by atomic mass is 15.2. The van der Waals surface area contributed by atoms with Crippen molar-refractivity contribution >= 4 is 0 Å². The molecule has 1 aromatic rings. The van der Waals surface area contributed by atoms with Crippen molar-refractivity contribution in [3.05, 3.63) is 24.3 Å². The molecule has 4 nitrogen and oxygen atoms in total. The van der Waals surface area contributed by atoms with E-state index in [2.05, 4.69) is 21.8 Å². The Morgan fingerprint density at radius 2 is 2.39 bits per heavy atom. The zero-order chi connectivity index (χ0) is 12.8. The summed E-state index contributed by atoms with van der Waals surface area (Å²) in [5.74, 6) is 0. The van der Waals surface area contributed by atoms with Crippen molar-refractivity contribution < 1.29 is 0 Å². The van der Waals surface area contributed by atoms with Gasteiger partial charge >= 0.3 is 0 Å². The molecule has 1 fully saturated rings. The van der Waals surface area contributed by atoms with E-state index in [-0.39, 0.29) is 6.04 Å². The summed E-state index contributed by atoms with van der Waals surface area (Å²) in [5, 5.41) is 0. The van der Waals surface area contributed by atoms with Crippen molar-refractivity contribution in [3.63, 3.8) is 0 Å². The first-order valence-corrected chi connectivity index (χ1v) is 7.08. The molecule has 1 aliphatic rings. The number of piperidine rings is 1. The first-order chi connectivity index (χ1) is 8.86. The van der Waals surface area contributed by atoms with Crippen LogP contribution in [0.5, 0.6) is 0 Å². The molecule has 2 rings (SSSR count). The predicted molar refractivity (Wildman–Crippen MR) is 73.1 cm³/mol. The molecule has 4 heteroatoms. The van der Waals surface area contributed by atoms with Gasteiger partial charge in [-0.25, -0.2) is 9.97 Å². The van der Waals surface area contributed by atoms with Crippen molar-refractivity contribution in [3.8, 4) is 0 Å². The molecule has 0 aromatic carbocycles. The highest BCUT2D eigenvalue weighted by molar-refractivity contribution is 5.07. The zero-order valence-corrected chi connectivity index (χ0v) is 11.3. The average Bonchev–Trinajstić information content (AvgIpc) is 2.43. The summed E-state index contributed by atoms with van der Waals surface area (Å²) in [6.07, 6.45) is 9.86. The third-order valence-electron chi connectivity index (χ3n) is 3.86. The quantitative estimate of drug-likeness (QED) is 0.867. The zero-order valence-electron chi connectivity index (χ0n) is 11.3. The lowest BCUT2D eigenvalue weighted by molar-refractivity contribution is 0.0891. The molecule has 100 valence electrons. The van der Waals surface area contributed by atoms with Crippen LogP contribution in [0.2, 0.25) is 0 Å². The molecule has 0 saturated carbocycles. The molecule has 2 heterocycles. The van der Waals surface area contributed by atoms with Crippen LogP contribution in [0.1, 0.15) is 50.8 Å². The van der Waals surface area contributed by atoms with E-state index in [1.165, 1.54) is 32.1 Å². The van der Waals surface area contributed by atoms with E-state index in [0.717, 1.165) is 12.2 Å². The van der Waals surface area contributed by atoms with E-state index >= 15 is 0 Å². The molecule has 0 radical (unpaired) electrons. The lowest BCUT2D eigenvalue weighted by atomic mass is 9.95. The van der Waals surface area contributed by atoms with Gasteiger partial charge in [-0.15, -0.1) is 0 Å². The Morgan fingerprint density at radius 3 is 3.06 bits per heavy atom. The van der Waals surface area contributed by atoms with Crippen molar-refractivity contribution in [1.29, 1.82) is 0 Å². The van der Waals surface area contributed by atoms with Gasteiger partial charge < -0.3 is 5.73 Å². The minimum atomic E-state index is 0.254. The molecule has 1 aromatic heterocycles. The molecular weight excluding hydrogens is 224 g/mol. The number of nitrogens with zero attached hydrogens (tertiary/aromatic N) is 3. The van der Waals surface area contributed by atoms with E-state index in [0.29, 0.717) is 12.6 Å². The van der Waals surface area contributed by atoms with E-state index in [1.807, 2.05) is 12.3 Å². The van der Waals surface area contributed by atoms with Crippen molar-refractivity contribution in [2.24, 2.45) is 5.73 Å². The summed E-state index contributed by atoms with van der Waals surface area (Å²) in [6, 6.07) is 2.92. The molecule has 2 N–H and O–H groups in total. The topological polar surface area (TPSA) is 55.0 Å². The van der Waals surface area contributed by atoms with Crippen LogP contribution < -0.4 is 5.73 Å². The summed E-state index contributed by atoms with van der Waals surface area (Å²) < 4.78 is 0. The van der Waals surface area contributed by atoms with Crippen LogP contribution in [0.25, 0.3) is 0 Å². The second-order valence-corrected chi connectivity index (χ2v) is 5.06. The molecule has 18 heavy (non-hydrogen) atoms. The van der Waals surface area contributed by atoms with Crippen molar-refractivity contribution in [2.75, 3.05) is 13.1 Å². The van der Waals surface area contributed by atoms with Crippen LogP contribution in [0.4, 0.5) is 0 Å². The largest absolute Gasteiger partial charge is 0.329 e. The van der Waals surface area contributed by atoms with Gasteiger partial charge in [0.2, 0.25) is 0 Å². The lowest BCUT2D eigenvalue weighted by Crippen LogP contribution is -2.44.